The average Bonchev–Trinajstić information content (AvgIpc) is 2.44. The summed E-state index contributed by atoms with van der Waals surface area (Å²) in [5, 5.41) is 10.5. The van der Waals surface area contributed by atoms with Crippen LogP contribution in [-0.4, -0.2) is 11.1 Å². The number of aliphatic carboxylic acids is 1. The van der Waals surface area contributed by atoms with E-state index in [0.29, 0.717) is 22.9 Å². The van der Waals surface area contributed by atoms with E-state index in [1.807, 2.05) is 24.3 Å². The predicted molar refractivity (Wildman–Crippen MR) is 89.1 cm³/mol. The van der Waals surface area contributed by atoms with Gasteiger partial charge in [-0.25, -0.2) is 0 Å². The van der Waals surface area contributed by atoms with E-state index >= 15 is 0 Å². The summed E-state index contributed by atoms with van der Waals surface area (Å²) < 4.78 is 0.969. The van der Waals surface area contributed by atoms with Gasteiger partial charge in [-0.15, -0.1) is 0 Å². The lowest BCUT2D eigenvalue weighted by Gasteiger charge is -2.14. The highest BCUT2D eigenvalue weighted by Crippen LogP contribution is 2.25. The van der Waals surface area contributed by atoms with Gasteiger partial charge in [0.15, 0.2) is 0 Å². The Morgan fingerprint density at radius 2 is 1.76 bits per heavy atom. The lowest BCUT2D eigenvalue weighted by molar-refractivity contribution is -0.141. The maximum Gasteiger partial charge on any atom is 0.307 e. The SMILES string of the molecule is O=C(O)C(Cc1ccc(Br)cc1)Cc1cc(Cl)ccc1Cl. The Labute approximate surface area is 141 Å². The monoisotopic (exact) mass is 386 g/mol. The molecule has 1 unspecified atom stereocenters. The number of benzene rings is 2. The molecule has 0 bridgehead atoms. The second-order valence-electron chi connectivity index (χ2n) is 4.81. The molecule has 2 aromatic carbocycles. The Morgan fingerprint density at radius 3 is 2.38 bits per heavy atom. The molecule has 0 fully saturated rings. The fourth-order valence-electron chi connectivity index (χ4n) is 2.12. The third kappa shape index (κ3) is 4.73. The topological polar surface area (TPSA) is 37.3 Å². The van der Waals surface area contributed by atoms with Crippen molar-refractivity contribution in [3.05, 3.63) is 68.1 Å². The molecule has 0 amide bonds. The van der Waals surface area contributed by atoms with Crippen molar-refractivity contribution in [3.63, 3.8) is 0 Å². The minimum Gasteiger partial charge on any atom is -0.481 e. The van der Waals surface area contributed by atoms with Crippen LogP contribution in [0.5, 0.6) is 0 Å². The van der Waals surface area contributed by atoms with Gasteiger partial charge in [0, 0.05) is 14.5 Å². The maximum absolute atomic E-state index is 11.5. The van der Waals surface area contributed by atoms with Crippen LogP contribution in [0.25, 0.3) is 0 Å². The van der Waals surface area contributed by atoms with Crippen LogP contribution in [0.15, 0.2) is 46.9 Å². The van der Waals surface area contributed by atoms with Crippen molar-refractivity contribution in [2.24, 2.45) is 5.92 Å². The lowest BCUT2D eigenvalue weighted by Crippen LogP contribution is -2.19. The zero-order valence-electron chi connectivity index (χ0n) is 11.0. The molecule has 0 radical (unpaired) electrons. The zero-order valence-corrected chi connectivity index (χ0v) is 14.1. The van der Waals surface area contributed by atoms with Crippen molar-refractivity contribution >= 4 is 45.1 Å². The first-order valence-corrected chi connectivity index (χ1v) is 7.92. The Morgan fingerprint density at radius 1 is 1.10 bits per heavy atom. The molecule has 1 atom stereocenters. The summed E-state index contributed by atoms with van der Waals surface area (Å²) in [6.07, 6.45) is 0.802. The van der Waals surface area contributed by atoms with E-state index in [1.165, 1.54) is 0 Å². The minimum atomic E-state index is -0.839. The third-order valence-electron chi connectivity index (χ3n) is 3.22. The number of carbonyl (C=O) groups is 1. The smallest absolute Gasteiger partial charge is 0.307 e. The minimum absolute atomic E-state index is 0.352. The molecule has 0 aliphatic rings. The molecule has 0 aliphatic heterocycles. The summed E-state index contributed by atoms with van der Waals surface area (Å²) in [5.41, 5.74) is 1.73. The van der Waals surface area contributed by atoms with Crippen molar-refractivity contribution in [1.29, 1.82) is 0 Å². The Bertz CT molecular complexity index is 641. The summed E-state index contributed by atoms with van der Waals surface area (Å²) in [4.78, 5) is 11.5. The number of hydrogen-bond acceptors (Lipinski definition) is 1. The van der Waals surface area contributed by atoms with Gasteiger partial charge in [-0.05, 0) is 54.3 Å². The number of carboxylic acid groups (broad SMARTS) is 1. The highest BCUT2D eigenvalue weighted by molar-refractivity contribution is 9.10. The first kappa shape index (κ1) is 16.3. The molecule has 2 aromatic rings. The van der Waals surface area contributed by atoms with Gasteiger partial charge in [0.1, 0.15) is 0 Å². The molecule has 2 nitrogen and oxygen atoms in total. The molecule has 0 spiro atoms. The number of rotatable bonds is 5. The van der Waals surface area contributed by atoms with Gasteiger partial charge in [0.2, 0.25) is 0 Å². The second-order valence-corrected chi connectivity index (χ2v) is 6.56. The summed E-state index contributed by atoms with van der Waals surface area (Å²) in [6.45, 7) is 0. The van der Waals surface area contributed by atoms with Crippen molar-refractivity contribution in [3.8, 4) is 0 Å². The molecule has 1 N–H and O–H groups in total. The molecule has 0 heterocycles. The summed E-state index contributed by atoms with van der Waals surface area (Å²) in [7, 11) is 0. The van der Waals surface area contributed by atoms with Crippen molar-refractivity contribution in [2.75, 3.05) is 0 Å². The first-order valence-electron chi connectivity index (χ1n) is 6.37. The fraction of sp³-hybridized carbons (Fsp3) is 0.188. The van der Waals surface area contributed by atoms with Crippen LogP contribution >= 0.6 is 39.1 Å². The second kappa shape index (κ2) is 7.30. The highest BCUT2D eigenvalue weighted by Gasteiger charge is 2.20. The molecule has 21 heavy (non-hydrogen) atoms. The summed E-state index contributed by atoms with van der Waals surface area (Å²) in [5.74, 6) is -1.38. The van der Waals surface area contributed by atoms with E-state index in [4.69, 9.17) is 23.2 Å². The number of halogens is 3. The molecule has 0 aromatic heterocycles. The van der Waals surface area contributed by atoms with Crippen molar-refractivity contribution in [2.45, 2.75) is 12.8 Å². The summed E-state index contributed by atoms with van der Waals surface area (Å²) in [6, 6.07) is 12.7. The Kier molecular flexibility index (Phi) is 5.68. The number of hydrogen-bond donors (Lipinski definition) is 1. The molecule has 110 valence electrons. The maximum atomic E-state index is 11.5. The summed E-state index contributed by atoms with van der Waals surface area (Å²) >= 11 is 15.4. The zero-order chi connectivity index (χ0) is 15.4. The van der Waals surface area contributed by atoms with Crippen LogP contribution in [0.1, 0.15) is 11.1 Å². The Hall–Kier alpha value is -1.03. The average molecular weight is 388 g/mol. The van der Waals surface area contributed by atoms with E-state index in [9.17, 15) is 9.90 Å². The quantitative estimate of drug-likeness (QED) is 0.761. The number of carboxylic acids is 1. The molecule has 2 rings (SSSR count). The van der Waals surface area contributed by atoms with Crippen LogP contribution in [0.3, 0.4) is 0 Å². The van der Waals surface area contributed by atoms with Gasteiger partial charge in [-0.1, -0.05) is 51.3 Å². The van der Waals surface area contributed by atoms with Crippen molar-refractivity contribution < 1.29 is 9.90 Å². The largest absolute Gasteiger partial charge is 0.481 e. The van der Waals surface area contributed by atoms with E-state index in [-0.39, 0.29) is 0 Å². The van der Waals surface area contributed by atoms with Crippen LogP contribution < -0.4 is 0 Å². The van der Waals surface area contributed by atoms with Gasteiger partial charge in [0.25, 0.3) is 0 Å². The third-order valence-corrected chi connectivity index (χ3v) is 4.35. The van der Waals surface area contributed by atoms with Crippen LogP contribution in [0.4, 0.5) is 0 Å². The highest BCUT2D eigenvalue weighted by atomic mass is 79.9. The van der Waals surface area contributed by atoms with E-state index in [2.05, 4.69) is 15.9 Å². The van der Waals surface area contributed by atoms with E-state index in [0.717, 1.165) is 15.6 Å². The van der Waals surface area contributed by atoms with Crippen molar-refractivity contribution in [1.82, 2.24) is 0 Å². The van der Waals surface area contributed by atoms with Crippen LogP contribution in [-0.2, 0) is 17.6 Å². The molecular weight excluding hydrogens is 375 g/mol. The lowest BCUT2D eigenvalue weighted by atomic mass is 9.92. The van der Waals surface area contributed by atoms with E-state index < -0.39 is 11.9 Å². The molecule has 0 aliphatic carbocycles. The molecule has 0 saturated carbocycles. The predicted octanol–water partition coefficient (Wildman–Crippen LogP) is 5.24. The molecular formula is C16H13BrCl2O2. The standard InChI is InChI=1S/C16H13BrCl2O2/c17-13-3-1-10(2-4-13)7-12(16(20)21)8-11-9-14(18)5-6-15(11)19/h1-6,9,12H,7-8H2,(H,20,21). The fourth-order valence-corrected chi connectivity index (χ4v) is 2.77. The van der Waals surface area contributed by atoms with Crippen LogP contribution in [0.2, 0.25) is 10.0 Å². The van der Waals surface area contributed by atoms with Gasteiger partial charge >= 0.3 is 5.97 Å². The van der Waals surface area contributed by atoms with Gasteiger partial charge < -0.3 is 5.11 Å². The normalized spacial score (nSPS) is 12.1. The molecule has 5 heteroatoms. The van der Waals surface area contributed by atoms with E-state index in [1.54, 1.807) is 18.2 Å². The van der Waals surface area contributed by atoms with Gasteiger partial charge in [-0.3, -0.25) is 4.79 Å². The van der Waals surface area contributed by atoms with Gasteiger partial charge in [-0.2, -0.15) is 0 Å². The first-order chi connectivity index (χ1) is 9.95. The van der Waals surface area contributed by atoms with Gasteiger partial charge in [0.05, 0.1) is 5.92 Å². The van der Waals surface area contributed by atoms with Crippen LogP contribution in [0, 0.1) is 5.92 Å². The molecule has 0 saturated heterocycles. The Balaban J connectivity index is 2.17.